The van der Waals surface area contributed by atoms with Gasteiger partial charge in [-0.25, -0.2) is 0 Å². The van der Waals surface area contributed by atoms with Gasteiger partial charge in [0.2, 0.25) is 0 Å². The largest absolute Gasteiger partial charge is 0.311 e. The van der Waals surface area contributed by atoms with Crippen molar-refractivity contribution in [3.05, 3.63) is 35.9 Å². The maximum Gasteiger partial charge on any atom is 0.0236 e. The molecular formula is C18H28N2. The maximum absolute atomic E-state index is 3.71. The van der Waals surface area contributed by atoms with Crippen LogP contribution in [0.1, 0.15) is 44.1 Å². The number of hydrogen-bond donors (Lipinski definition) is 1. The second kappa shape index (κ2) is 7.24. The fourth-order valence-corrected chi connectivity index (χ4v) is 3.84. The third-order valence-corrected chi connectivity index (χ3v) is 4.95. The first-order valence-electron chi connectivity index (χ1n) is 8.43. The number of hydrogen-bond acceptors (Lipinski definition) is 2. The summed E-state index contributed by atoms with van der Waals surface area (Å²) < 4.78 is 0. The first-order valence-corrected chi connectivity index (χ1v) is 8.43. The Kier molecular flexibility index (Phi) is 5.10. The highest BCUT2D eigenvalue weighted by Crippen LogP contribution is 2.23. The minimum absolute atomic E-state index is 0.634. The Bertz CT molecular complexity index is 382. The van der Waals surface area contributed by atoms with E-state index in [4.69, 9.17) is 0 Å². The third kappa shape index (κ3) is 3.83. The minimum atomic E-state index is 0.634. The molecule has 1 aromatic carbocycles. The normalized spacial score (nSPS) is 26.3. The summed E-state index contributed by atoms with van der Waals surface area (Å²) in [4.78, 5) is 2.77. The monoisotopic (exact) mass is 272 g/mol. The Labute approximate surface area is 123 Å². The van der Waals surface area contributed by atoms with E-state index < -0.39 is 0 Å². The molecule has 1 unspecified atom stereocenters. The van der Waals surface area contributed by atoms with Crippen LogP contribution < -0.4 is 5.32 Å². The topological polar surface area (TPSA) is 15.3 Å². The van der Waals surface area contributed by atoms with Gasteiger partial charge >= 0.3 is 0 Å². The van der Waals surface area contributed by atoms with Crippen LogP contribution in [0, 0.1) is 0 Å². The molecule has 1 N–H and O–H groups in total. The summed E-state index contributed by atoms with van der Waals surface area (Å²) in [5, 5.41) is 3.71. The lowest BCUT2D eigenvalue weighted by molar-refractivity contribution is 0.131. The molecule has 1 heterocycles. The summed E-state index contributed by atoms with van der Waals surface area (Å²) in [5.41, 5.74) is 1.47. The second-order valence-electron chi connectivity index (χ2n) is 6.48. The van der Waals surface area contributed by atoms with Crippen LogP contribution in [0.15, 0.2) is 30.3 Å². The number of benzene rings is 1. The molecule has 0 amide bonds. The summed E-state index contributed by atoms with van der Waals surface area (Å²) in [6, 6.07) is 12.4. The summed E-state index contributed by atoms with van der Waals surface area (Å²) in [7, 11) is 0. The molecule has 2 heteroatoms. The van der Waals surface area contributed by atoms with Gasteiger partial charge in [-0.1, -0.05) is 56.0 Å². The molecule has 1 aromatic rings. The standard InChI is InChI=1S/C18H28N2/c1-2-7-11-18(10-6-1)20-13-12-19-17(15-20)14-16-8-4-3-5-9-16/h3-5,8-9,17-19H,1-2,6-7,10-15H2. The molecule has 3 rings (SSSR count). The highest BCUT2D eigenvalue weighted by Gasteiger charge is 2.25. The van der Waals surface area contributed by atoms with Crippen LogP contribution in [0.3, 0.4) is 0 Å². The highest BCUT2D eigenvalue weighted by atomic mass is 15.2. The van der Waals surface area contributed by atoms with Gasteiger partial charge in [-0.15, -0.1) is 0 Å². The van der Waals surface area contributed by atoms with E-state index in [1.165, 1.54) is 63.6 Å². The maximum atomic E-state index is 3.71. The van der Waals surface area contributed by atoms with Gasteiger partial charge < -0.3 is 5.32 Å². The fraction of sp³-hybridized carbons (Fsp3) is 0.667. The molecule has 0 spiro atoms. The van der Waals surface area contributed by atoms with E-state index in [2.05, 4.69) is 40.5 Å². The van der Waals surface area contributed by atoms with Gasteiger partial charge in [-0.3, -0.25) is 4.90 Å². The van der Waals surface area contributed by atoms with E-state index >= 15 is 0 Å². The van der Waals surface area contributed by atoms with E-state index in [1.54, 1.807) is 0 Å². The number of piperazine rings is 1. The molecule has 1 aliphatic carbocycles. The van der Waals surface area contributed by atoms with Crippen molar-refractivity contribution in [2.24, 2.45) is 0 Å². The van der Waals surface area contributed by atoms with Crippen molar-refractivity contribution in [2.45, 2.75) is 57.0 Å². The number of nitrogens with zero attached hydrogens (tertiary/aromatic N) is 1. The van der Waals surface area contributed by atoms with Gasteiger partial charge in [0.1, 0.15) is 0 Å². The van der Waals surface area contributed by atoms with E-state index in [0.29, 0.717) is 6.04 Å². The van der Waals surface area contributed by atoms with E-state index in [-0.39, 0.29) is 0 Å². The van der Waals surface area contributed by atoms with E-state index in [0.717, 1.165) is 12.6 Å². The van der Waals surface area contributed by atoms with Crippen LogP contribution in [0.5, 0.6) is 0 Å². The summed E-state index contributed by atoms with van der Waals surface area (Å²) in [5.74, 6) is 0. The molecule has 1 atom stereocenters. The quantitative estimate of drug-likeness (QED) is 0.850. The van der Waals surface area contributed by atoms with Gasteiger partial charge in [0.05, 0.1) is 0 Å². The molecule has 1 saturated heterocycles. The average Bonchev–Trinajstić information content (AvgIpc) is 2.78. The summed E-state index contributed by atoms with van der Waals surface area (Å²) in [6.07, 6.45) is 9.82. The second-order valence-corrected chi connectivity index (χ2v) is 6.48. The zero-order valence-electron chi connectivity index (χ0n) is 12.6. The van der Waals surface area contributed by atoms with Crippen molar-refractivity contribution >= 4 is 0 Å². The van der Waals surface area contributed by atoms with Gasteiger partial charge in [0.25, 0.3) is 0 Å². The zero-order valence-corrected chi connectivity index (χ0v) is 12.6. The van der Waals surface area contributed by atoms with Crippen molar-refractivity contribution in [3.8, 4) is 0 Å². The lowest BCUT2D eigenvalue weighted by Gasteiger charge is -2.39. The molecule has 2 aliphatic rings. The number of nitrogens with one attached hydrogen (secondary N) is 1. The van der Waals surface area contributed by atoms with Crippen LogP contribution in [0.25, 0.3) is 0 Å². The van der Waals surface area contributed by atoms with Crippen LogP contribution >= 0.6 is 0 Å². The van der Waals surface area contributed by atoms with E-state index in [1.807, 2.05) is 0 Å². The predicted molar refractivity (Wildman–Crippen MR) is 85.0 cm³/mol. The van der Waals surface area contributed by atoms with Crippen LogP contribution in [-0.4, -0.2) is 36.6 Å². The fourth-order valence-electron chi connectivity index (χ4n) is 3.84. The SMILES string of the molecule is c1ccc(CC2CN(C3CCCCCC3)CCN2)cc1. The van der Waals surface area contributed by atoms with Crippen LogP contribution in [-0.2, 0) is 6.42 Å². The average molecular weight is 272 g/mol. The van der Waals surface area contributed by atoms with Crippen LogP contribution in [0.2, 0.25) is 0 Å². The first-order chi connectivity index (χ1) is 9.92. The molecule has 1 aliphatic heterocycles. The van der Waals surface area contributed by atoms with Gasteiger partial charge in [0, 0.05) is 31.7 Å². The Morgan fingerprint density at radius 1 is 1.00 bits per heavy atom. The molecule has 1 saturated carbocycles. The van der Waals surface area contributed by atoms with Crippen molar-refractivity contribution in [2.75, 3.05) is 19.6 Å². The predicted octanol–water partition coefficient (Wildman–Crippen LogP) is 3.23. The van der Waals surface area contributed by atoms with Crippen molar-refractivity contribution in [3.63, 3.8) is 0 Å². The van der Waals surface area contributed by atoms with Gasteiger partial charge in [-0.05, 0) is 24.8 Å². The molecule has 2 nitrogen and oxygen atoms in total. The summed E-state index contributed by atoms with van der Waals surface area (Å²) >= 11 is 0. The molecule has 20 heavy (non-hydrogen) atoms. The zero-order chi connectivity index (χ0) is 13.6. The third-order valence-electron chi connectivity index (χ3n) is 4.95. The van der Waals surface area contributed by atoms with E-state index in [9.17, 15) is 0 Å². The molecular weight excluding hydrogens is 244 g/mol. The smallest absolute Gasteiger partial charge is 0.0236 e. The van der Waals surface area contributed by atoms with Crippen molar-refractivity contribution in [1.29, 1.82) is 0 Å². The Hall–Kier alpha value is -0.860. The Balaban J connectivity index is 1.55. The number of rotatable bonds is 3. The summed E-state index contributed by atoms with van der Waals surface area (Å²) in [6.45, 7) is 3.64. The Morgan fingerprint density at radius 3 is 2.50 bits per heavy atom. The Morgan fingerprint density at radius 2 is 1.75 bits per heavy atom. The lowest BCUT2D eigenvalue weighted by atomic mass is 10.0. The molecule has 0 radical (unpaired) electrons. The van der Waals surface area contributed by atoms with Gasteiger partial charge in [-0.2, -0.15) is 0 Å². The van der Waals surface area contributed by atoms with Crippen molar-refractivity contribution < 1.29 is 0 Å². The molecule has 0 bridgehead atoms. The lowest BCUT2D eigenvalue weighted by Crippen LogP contribution is -2.54. The van der Waals surface area contributed by atoms with Crippen molar-refractivity contribution in [1.82, 2.24) is 10.2 Å². The molecule has 2 fully saturated rings. The minimum Gasteiger partial charge on any atom is -0.311 e. The molecule has 0 aromatic heterocycles. The van der Waals surface area contributed by atoms with Crippen LogP contribution in [0.4, 0.5) is 0 Å². The first kappa shape index (κ1) is 14.1. The highest BCUT2D eigenvalue weighted by molar-refractivity contribution is 5.16. The van der Waals surface area contributed by atoms with Gasteiger partial charge in [0.15, 0.2) is 0 Å². The molecule has 110 valence electrons.